The first-order valence-electron chi connectivity index (χ1n) is 11.9. The van der Waals surface area contributed by atoms with Crippen LogP contribution in [0.2, 0.25) is 0 Å². The highest BCUT2D eigenvalue weighted by Gasteiger charge is 2.22. The van der Waals surface area contributed by atoms with Crippen LogP contribution >= 0.6 is 31.9 Å². The van der Waals surface area contributed by atoms with Crippen LogP contribution in [-0.2, 0) is 29.6 Å². The summed E-state index contributed by atoms with van der Waals surface area (Å²) in [6.07, 6.45) is 0. The van der Waals surface area contributed by atoms with Gasteiger partial charge in [-0.15, -0.1) is 0 Å². The van der Waals surface area contributed by atoms with Crippen molar-refractivity contribution in [3.63, 3.8) is 0 Å². The lowest BCUT2D eigenvalue weighted by Crippen LogP contribution is -2.15. The van der Waals surface area contributed by atoms with Crippen molar-refractivity contribution in [1.82, 2.24) is 9.97 Å². The summed E-state index contributed by atoms with van der Waals surface area (Å²) in [5, 5.41) is 0.786. The first-order valence-corrected chi connectivity index (χ1v) is 14.1. The Labute approximate surface area is 239 Å². The molecule has 12 heteroatoms. The molecular formula is C26H32Br2N2O8. The van der Waals surface area contributed by atoms with Crippen LogP contribution in [0.5, 0.6) is 0 Å². The molecule has 2 heterocycles. The van der Waals surface area contributed by atoms with Crippen molar-refractivity contribution in [2.45, 2.75) is 52.2 Å². The fourth-order valence-electron chi connectivity index (χ4n) is 3.13. The summed E-state index contributed by atoms with van der Waals surface area (Å²) in [4.78, 5) is 55.7. The molecule has 38 heavy (non-hydrogen) atoms. The number of hydrogen-bond donors (Lipinski definition) is 0. The van der Waals surface area contributed by atoms with Gasteiger partial charge in [0.2, 0.25) is 0 Å². The van der Waals surface area contributed by atoms with Gasteiger partial charge in [-0.2, -0.15) is 0 Å². The van der Waals surface area contributed by atoms with Crippen LogP contribution in [-0.4, -0.2) is 60.3 Å². The largest absolute Gasteiger partial charge is 0.462 e. The van der Waals surface area contributed by atoms with Gasteiger partial charge in [-0.25, -0.2) is 19.2 Å². The first-order chi connectivity index (χ1) is 18.1. The van der Waals surface area contributed by atoms with E-state index in [0.29, 0.717) is 44.6 Å². The predicted molar refractivity (Wildman–Crippen MR) is 147 cm³/mol. The zero-order valence-corrected chi connectivity index (χ0v) is 25.5. The number of rotatable bonds is 10. The molecule has 0 aliphatic carbocycles. The Kier molecular flexibility index (Phi) is 14.7. The zero-order chi connectivity index (χ0) is 28.8. The van der Waals surface area contributed by atoms with Crippen molar-refractivity contribution >= 4 is 55.7 Å². The maximum atomic E-state index is 11.9. The highest BCUT2D eigenvalue weighted by molar-refractivity contribution is 9.08. The minimum Gasteiger partial charge on any atom is -0.462 e. The van der Waals surface area contributed by atoms with Crippen molar-refractivity contribution in [3.05, 3.63) is 57.2 Å². The number of aromatic nitrogens is 2. The van der Waals surface area contributed by atoms with Gasteiger partial charge in [0.1, 0.15) is 0 Å². The predicted octanol–water partition coefficient (Wildman–Crippen LogP) is 5.28. The standard InChI is InChI=1S/C13H15Br2NO4.C13H17NO4/c1-3-19-12(17)8-5-9(13(18)20-4-2)11(7-15)16-10(8)6-14;1-5-17-12(15)10-7-11(13(16)18-6-2)9(4)14-8(10)3/h5H,3-4,6-7H2,1-2H3;7H,5-6H2,1-4H3. The number of alkyl halides is 2. The average molecular weight is 660 g/mol. The van der Waals surface area contributed by atoms with Crippen LogP contribution in [0.3, 0.4) is 0 Å². The molecule has 0 aliphatic heterocycles. The lowest BCUT2D eigenvalue weighted by atomic mass is 10.1. The van der Waals surface area contributed by atoms with Crippen LogP contribution < -0.4 is 0 Å². The molecular weight excluding hydrogens is 628 g/mol. The fourth-order valence-corrected chi connectivity index (χ4v) is 3.98. The molecule has 0 saturated heterocycles. The van der Waals surface area contributed by atoms with E-state index < -0.39 is 23.9 Å². The van der Waals surface area contributed by atoms with E-state index in [1.54, 1.807) is 41.5 Å². The quantitative estimate of drug-likeness (QED) is 0.189. The SMILES string of the molecule is CCOC(=O)c1cc(C(=O)OCC)c(C)nc1C.CCOC(=O)c1cc(C(=O)OCC)c(CBr)nc1CBr. The summed E-state index contributed by atoms with van der Waals surface area (Å²) in [6.45, 7) is 11.4. The number of halogens is 2. The highest BCUT2D eigenvalue weighted by Crippen LogP contribution is 2.20. The van der Waals surface area contributed by atoms with Crippen molar-refractivity contribution in [3.8, 4) is 0 Å². The molecule has 2 aromatic rings. The second-order valence-electron chi connectivity index (χ2n) is 7.38. The molecule has 0 aromatic carbocycles. The molecule has 208 valence electrons. The van der Waals surface area contributed by atoms with Crippen molar-refractivity contribution in [2.24, 2.45) is 0 Å². The summed E-state index contributed by atoms with van der Waals surface area (Å²) in [5.74, 6) is -1.96. The number of carbonyl (C=O) groups excluding carboxylic acids is 4. The minimum absolute atomic E-state index is 0.259. The molecule has 0 radical (unpaired) electrons. The second kappa shape index (κ2) is 16.9. The van der Waals surface area contributed by atoms with Gasteiger partial charge in [-0.05, 0) is 53.7 Å². The first kappa shape index (κ1) is 33.2. The molecule has 0 spiro atoms. The maximum Gasteiger partial charge on any atom is 0.340 e. The third kappa shape index (κ3) is 9.16. The molecule has 10 nitrogen and oxygen atoms in total. The van der Waals surface area contributed by atoms with E-state index >= 15 is 0 Å². The minimum atomic E-state index is -0.499. The number of hydrogen-bond acceptors (Lipinski definition) is 10. The van der Waals surface area contributed by atoms with Gasteiger partial charge in [0.05, 0.1) is 71.5 Å². The van der Waals surface area contributed by atoms with E-state index in [9.17, 15) is 19.2 Å². The van der Waals surface area contributed by atoms with Crippen LogP contribution in [0, 0.1) is 13.8 Å². The monoisotopic (exact) mass is 658 g/mol. The Hall–Kier alpha value is -2.86. The molecule has 0 bridgehead atoms. The van der Waals surface area contributed by atoms with Crippen molar-refractivity contribution in [2.75, 3.05) is 26.4 Å². The van der Waals surface area contributed by atoms with Crippen LogP contribution in [0.4, 0.5) is 0 Å². The molecule has 0 unspecified atom stereocenters. The van der Waals surface area contributed by atoms with Crippen LogP contribution in [0.15, 0.2) is 12.1 Å². The normalized spacial score (nSPS) is 10.1. The van der Waals surface area contributed by atoms with Crippen LogP contribution in [0.1, 0.15) is 91.9 Å². The molecule has 0 fully saturated rings. The number of esters is 4. The summed E-state index contributed by atoms with van der Waals surface area (Å²) in [5.41, 5.74) is 3.29. The lowest BCUT2D eigenvalue weighted by molar-refractivity contribution is 0.0503. The third-order valence-corrected chi connectivity index (χ3v) is 5.88. The Morgan fingerprint density at radius 2 is 0.868 bits per heavy atom. The Bertz CT molecular complexity index is 1070. The van der Waals surface area contributed by atoms with E-state index in [-0.39, 0.29) is 37.6 Å². The molecule has 0 aliphatic rings. The Morgan fingerprint density at radius 1 is 0.579 bits per heavy atom. The van der Waals surface area contributed by atoms with E-state index in [4.69, 9.17) is 18.9 Å². The van der Waals surface area contributed by atoms with E-state index in [1.165, 1.54) is 12.1 Å². The molecule has 0 saturated carbocycles. The third-order valence-electron chi connectivity index (χ3n) is 4.82. The molecule has 0 N–H and O–H groups in total. The summed E-state index contributed by atoms with van der Waals surface area (Å²) >= 11 is 6.56. The fraction of sp³-hybridized carbons (Fsp3) is 0.462. The average Bonchev–Trinajstić information content (AvgIpc) is 2.88. The van der Waals surface area contributed by atoms with Gasteiger partial charge in [-0.3, -0.25) is 9.97 Å². The molecule has 2 rings (SSSR count). The molecule has 2 aromatic heterocycles. The van der Waals surface area contributed by atoms with Crippen molar-refractivity contribution < 1.29 is 38.1 Å². The van der Waals surface area contributed by atoms with E-state index in [1.807, 2.05) is 0 Å². The Morgan fingerprint density at radius 3 is 1.16 bits per heavy atom. The van der Waals surface area contributed by atoms with Gasteiger partial charge in [0.15, 0.2) is 0 Å². The van der Waals surface area contributed by atoms with Crippen LogP contribution in [0.25, 0.3) is 0 Å². The van der Waals surface area contributed by atoms with Gasteiger partial charge in [-0.1, -0.05) is 31.9 Å². The molecule has 0 amide bonds. The number of pyridine rings is 2. The van der Waals surface area contributed by atoms with Gasteiger partial charge in [0, 0.05) is 10.7 Å². The molecule has 0 atom stereocenters. The lowest BCUT2D eigenvalue weighted by Gasteiger charge is -2.12. The zero-order valence-electron chi connectivity index (χ0n) is 22.3. The summed E-state index contributed by atoms with van der Waals surface area (Å²) in [6, 6.07) is 2.96. The van der Waals surface area contributed by atoms with E-state index in [0.717, 1.165) is 0 Å². The smallest absolute Gasteiger partial charge is 0.340 e. The number of aryl methyl sites for hydroxylation is 2. The van der Waals surface area contributed by atoms with Gasteiger partial charge in [0.25, 0.3) is 0 Å². The number of ether oxygens (including phenoxy) is 4. The topological polar surface area (TPSA) is 131 Å². The van der Waals surface area contributed by atoms with Gasteiger partial charge < -0.3 is 18.9 Å². The van der Waals surface area contributed by atoms with E-state index in [2.05, 4.69) is 41.8 Å². The van der Waals surface area contributed by atoms with Gasteiger partial charge >= 0.3 is 23.9 Å². The van der Waals surface area contributed by atoms with Crippen molar-refractivity contribution in [1.29, 1.82) is 0 Å². The maximum absolute atomic E-state index is 11.9. The Balaban J connectivity index is 0.000000382. The number of nitrogens with zero attached hydrogens (tertiary/aromatic N) is 2. The summed E-state index contributed by atoms with van der Waals surface area (Å²) in [7, 11) is 0. The second-order valence-corrected chi connectivity index (χ2v) is 8.50. The summed E-state index contributed by atoms with van der Waals surface area (Å²) < 4.78 is 19.8. The highest BCUT2D eigenvalue weighted by atomic mass is 79.9. The number of carbonyl (C=O) groups is 4.